The second-order valence-electron chi connectivity index (χ2n) is 13.4. The van der Waals surface area contributed by atoms with Crippen LogP contribution in [0, 0.1) is 0 Å². The highest BCUT2D eigenvalue weighted by atomic mass is 28.4. The zero-order chi connectivity index (χ0) is 26.6. The van der Waals surface area contributed by atoms with Crippen molar-refractivity contribution in [1.29, 1.82) is 0 Å². The first kappa shape index (κ1) is 32.9. The molecule has 1 unspecified atom stereocenters. The van der Waals surface area contributed by atoms with Gasteiger partial charge in [-0.05, 0) is 98.2 Å². The van der Waals surface area contributed by atoms with E-state index in [1.807, 2.05) is 58.9 Å². The van der Waals surface area contributed by atoms with Crippen LogP contribution in [-0.4, -0.2) is 71.8 Å². The summed E-state index contributed by atoms with van der Waals surface area (Å²) in [4.78, 5) is 26.3. The summed E-state index contributed by atoms with van der Waals surface area (Å²) in [5.41, 5.74) is 0. The normalized spacial score (nSPS) is 16.7. The molecule has 0 aromatic rings. The molecule has 12 heteroatoms. The van der Waals surface area contributed by atoms with Crippen LogP contribution in [0.25, 0.3) is 0 Å². The Bertz CT molecular complexity index is 652. The molecule has 33 heavy (non-hydrogen) atoms. The first-order chi connectivity index (χ1) is 14.3. The molecule has 3 atom stereocenters. The highest BCUT2D eigenvalue weighted by molar-refractivity contribution is 6.72. The number of rotatable bonds is 13. The lowest BCUT2D eigenvalue weighted by Crippen LogP contribution is -2.57. The predicted molar refractivity (Wildman–Crippen MR) is 148 cm³/mol. The average Bonchev–Trinajstić information content (AvgIpc) is 2.42. The lowest BCUT2D eigenvalue weighted by Gasteiger charge is -2.41. The summed E-state index contributed by atoms with van der Waals surface area (Å²) in [5.74, 6) is -0.755. The van der Waals surface area contributed by atoms with Gasteiger partial charge in [-0.1, -0.05) is 0 Å². The van der Waals surface area contributed by atoms with Gasteiger partial charge in [-0.15, -0.1) is 0 Å². The van der Waals surface area contributed by atoms with E-state index in [0.717, 1.165) is 0 Å². The van der Waals surface area contributed by atoms with Crippen molar-refractivity contribution in [2.24, 2.45) is 0 Å². The van der Waals surface area contributed by atoms with E-state index in [0.29, 0.717) is 0 Å². The smallest absolute Gasteiger partial charge is 0.323 e. The Labute approximate surface area is 207 Å². The van der Waals surface area contributed by atoms with Crippen LogP contribution in [0.5, 0.6) is 0 Å². The minimum Gasteiger partial charge on any atom is -0.520 e. The Hall–Kier alpha value is -0.0956. The van der Waals surface area contributed by atoms with E-state index in [9.17, 15) is 9.59 Å². The van der Waals surface area contributed by atoms with Crippen molar-refractivity contribution in [3.8, 4) is 0 Å². The Morgan fingerprint density at radius 2 is 0.939 bits per heavy atom. The molecule has 0 rings (SSSR count). The van der Waals surface area contributed by atoms with Crippen LogP contribution in [0.15, 0.2) is 0 Å². The van der Waals surface area contributed by atoms with Crippen LogP contribution in [0.2, 0.25) is 98.2 Å². The summed E-state index contributed by atoms with van der Waals surface area (Å²) in [6, 6.07) is 0. The highest BCUT2D eigenvalue weighted by Gasteiger charge is 2.45. The summed E-state index contributed by atoms with van der Waals surface area (Å²) >= 11 is 0. The molecule has 0 aliphatic rings. The Balaban J connectivity index is 6.48. The third-order valence-electron chi connectivity index (χ3n) is 3.57. The van der Waals surface area contributed by atoms with Gasteiger partial charge in [0.05, 0.1) is 12.5 Å². The Kier molecular flexibility index (Phi) is 11.7. The summed E-state index contributed by atoms with van der Waals surface area (Å²) < 4.78 is 31.1. The first-order valence-corrected chi connectivity index (χ1v) is 28.8. The molecule has 0 fully saturated rings. The number of carbonyl (C=O) groups excluding carboxylic acids is 2. The number of carbonyl (C=O) groups is 2. The van der Waals surface area contributed by atoms with Crippen molar-refractivity contribution in [2.45, 2.75) is 123 Å². The molecule has 0 aromatic heterocycles. The molecule has 0 heterocycles. The molecule has 0 saturated heterocycles. The van der Waals surface area contributed by atoms with Gasteiger partial charge in [-0.3, -0.25) is 9.59 Å². The monoisotopic (exact) mass is 554 g/mol. The molecule has 0 radical (unpaired) electrons. The van der Waals surface area contributed by atoms with Crippen molar-refractivity contribution in [3.63, 3.8) is 0 Å². The molecular formula is C21H50O7Si5. The average molecular weight is 555 g/mol. The van der Waals surface area contributed by atoms with E-state index in [1.165, 1.54) is 0 Å². The van der Waals surface area contributed by atoms with Crippen LogP contribution in [0.3, 0.4) is 0 Å². The maximum Gasteiger partial charge on any atom is 0.323 e. The third-order valence-corrected chi connectivity index (χ3v) is 8.17. The van der Waals surface area contributed by atoms with E-state index in [4.69, 9.17) is 22.1 Å². The molecule has 196 valence electrons. The topological polar surface area (TPSA) is 80.3 Å². The quantitative estimate of drug-likeness (QED) is 0.266. The summed E-state index contributed by atoms with van der Waals surface area (Å²) in [7, 11) is -10.7. The lowest BCUT2D eigenvalue weighted by molar-refractivity contribution is -0.155. The van der Waals surface area contributed by atoms with Gasteiger partial charge < -0.3 is 22.1 Å². The first-order valence-electron chi connectivity index (χ1n) is 11.8. The minimum absolute atomic E-state index is 0.00940. The van der Waals surface area contributed by atoms with Crippen molar-refractivity contribution in [3.05, 3.63) is 0 Å². The summed E-state index contributed by atoms with van der Waals surface area (Å²) in [6.45, 7) is 30.2. The van der Waals surface area contributed by atoms with Crippen molar-refractivity contribution in [1.82, 2.24) is 0 Å². The summed E-state index contributed by atoms with van der Waals surface area (Å²) in [5, 5.41) is 0. The minimum atomic E-state index is -2.18. The molecule has 0 saturated carbocycles. The SMILES string of the molecule is C[Si](C)(C)OC(=O)C[C@@H](O[Si](C)(C)C)[C@@H](O[Si](C)(C)C)C(O[Si](C)(C)C)C(=O)O[Si](C)(C)C. The zero-order valence-electron chi connectivity index (χ0n) is 23.8. The predicted octanol–water partition coefficient (Wildman–Crippen LogP) is 5.79. The van der Waals surface area contributed by atoms with E-state index in [-0.39, 0.29) is 12.4 Å². The fourth-order valence-electron chi connectivity index (χ4n) is 2.96. The molecule has 0 amide bonds. The van der Waals surface area contributed by atoms with Crippen LogP contribution in [-0.2, 0) is 31.7 Å². The molecule has 0 spiro atoms. The molecule has 7 nitrogen and oxygen atoms in total. The fourth-order valence-corrected chi connectivity index (χ4v) is 7.65. The molecule has 0 bridgehead atoms. The summed E-state index contributed by atoms with van der Waals surface area (Å²) in [6.07, 6.45) is -2.37. The lowest BCUT2D eigenvalue weighted by atomic mass is 10.1. The van der Waals surface area contributed by atoms with Crippen molar-refractivity contribution >= 4 is 53.5 Å². The Morgan fingerprint density at radius 1 is 0.545 bits per heavy atom. The number of hydrogen-bond acceptors (Lipinski definition) is 7. The van der Waals surface area contributed by atoms with Gasteiger partial charge in [0.25, 0.3) is 5.97 Å². The second kappa shape index (κ2) is 11.8. The molecule has 0 aliphatic carbocycles. The van der Waals surface area contributed by atoms with Crippen molar-refractivity contribution < 1.29 is 31.7 Å². The van der Waals surface area contributed by atoms with E-state index in [2.05, 4.69) is 39.3 Å². The van der Waals surface area contributed by atoms with Gasteiger partial charge in [-0.25, -0.2) is 0 Å². The van der Waals surface area contributed by atoms with Gasteiger partial charge in [0, 0.05) is 0 Å². The standard InChI is InChI=1S/C21H50O7Si5/c1-29(2,3)24-17(16-18(22)25-30(4,5)6)19(26-31(7,8)9)20(27-32(10,11)12)21(23)28-33(13,14)15/h17,19-20H,16H2,1-15H3/t17-,19-,20?/m1/s1. The molecular weight excluding hydrogens is 505 g/mol. The van der Waals surface area contributed by atoms with E-state index < -0.39 is 65.9 Å². The highest BCUT2D eigenvalue weighted by Crippen LogP contribution is 2.27. The van der Waals surface area contributed by atoms with E-state index >= 15 is 0 Å². The molecule has 0 N–H and O–H groups in total. The van der Waals surface area contributed by atoms with Gasteiger partial charge in [0.1, 0.15) is 6.10 Å². The maximum absolute atomic E-state index is 13.4. The van der Waals surface area contributed by atoms with Gasteiger partial charge in [-0.2, -0.15) is 0 Å². The zero-order valence-corrected chi connectivity index (χ0v) is 28.8. The fraction of sp³-hybridized carbons (Fsp3) is 0.905. The van der Waals surface area contributed by atoms with E-state index in [1.54, 1.807) is 0 Å². The maximum atomic E-state index is 13.4. The number of hydrogen-bond donors (Lipinski definition) is 0. The van der Waals surface area contributed by atoms with Crippen LogP contribution in [0.1, 0.15) is 6.42 Å². The van der Waals surface area contributed by atoms with Gasteiger partial charge >= 0.3 is 5.97 Å². The van der Waals surface area contributed by atoms with Crippen molar-refractivity contribution in [2.75, 3.05) is 0 Å². The van der Waals surface area contributed by atoms with Gasteiger partial charge in [0.15, 0.2) is 31.1 Å². The van der Waals surface area contributed by atoms with Gasteiger partial charge in [0.2, 0.25) is 16.6 Å². The largest absolute Gasteiger partial charge is 0.520 e. The van der Waals surface area contributed by atoms with Crippen LogP contribution in [0.4, 0.5) is 0 Å². The van der Waals surface area contributed by atoms with Crippen LogP contribution < -0.4 is 0 Å². The van der Waals surface area contributed by atoms with Crippen LogP contribution >= 0.6 is 0 Å². The molecule has 0 aliphatic heterocycles. The Morgan fingerprint density at radius 3 is 1.27 bits per heavy atom. The second-order valence-corrected chi connectivity index (χ2v) is 35.7. The third kappa shape index (κ3) is 17.1. The molecule has 0 aromatic carbocycles.